The van der Waals surface area contributed by atoms with Crippen LogP contribution in [0.25, 0.3) is 0 Å². The Hall–Kier alpha value is -2.07. The minimum Gasteiger partial charge on any atom is -0.492 e. The predicted octanol–water partition coefficient (Wildman–Crippen LogP) is 3.29. The van der Waals surface area contributed by atoms with Crippen LogP contribution in [0.4, 0.5) is 4.39 Å². The molecule has 0 fully saturated rings. The molecular weight excluding hydrogens is 281 g/mol. The molecule has 1 amide bonds. The minimum atomic E-state index is -0.312. The summed E-state index contributed by atoms with van der Waals surface area (Å²) < 4.78 is 18.0. The molecular formula is C15H13ClFNO2. The summed E-state index contributed by atoms with van der Waals surface area (Å²) in [7, 11) is 0. The quantitative estimate of drug-likeness (QED) is 0.859. The molecule has 0 saturated carbocycles. The highest BCUT2D eigenvalue weighted by atomic mass is 35.5. The van der Waals surface area contributed by atoms with Gasteiger partial charge in [-0.3, -0.25) is 4.79 Å². The number of rotatable bonds is 5. The average Bonchev–Trinajstić information content (AvgIpc) is 2.46. The van der Waals surface area contributed by atoms with Crippen LogP contribution < -0.4 is 10.1 Å². The molecule has 0 saturated heterocycles. The molecule has 104 valence electrons. The molecule has 0 bridgehead atoms. The van der Waals surface area contributed by atoms with Gasteiger partial charge < -0.3 is 10.1 Å². The van der Waals surface area contributed by atoms with Gasteiger partial charge in [-0.25, -0.2) is 4.39 Å². The van der Waals surface area contributed by atoms with Crippen molar-refractivity contribution in [1.29, 1.82) is 0 Å². The van der Waals surface area contributed by atoms with Crippen LogP contribution >= 0.6 is 11.6 Å². The largest absolute Gasteiger partial charge is 0.492 e. The Morgan fingerprint density at radius 2 is 1.75 bits per heavy atom. The van der Waals surface area contributed by atoms with Crippen molar-refractivity contribution < 1.29 is 13.9 Å². The lowest BCUT2D eigenvalue weighted by Gasteiger charge is -2.07. The molecule has 2 aromatic carbocycles. The average molecular weight is 294 g/mol. The lowest BCUT2D eigenvalue weighted by atomic mass is 10.2. The zero-order chi connectivity index (χ0) is 14.4. The molecule has 0 aromatic heterocycles. The number of carbonyl (C=O) groups excluding carboxylic acids is 1. The first-order chi connectivity index (χ1) is 9.65. The van der Waals surface area contributed by atoms with Gasteiger partial charge in [0.25, 0.3) is 5.91 Å². The number of hydrogen-bond acceptors (Lipinski definition) is 2. The first kappa shape index (κ1) is 14.3. The SMILES string of the molecule is O=C(NCCOc1ccc(F)cc1)c1ccc(Cl)cc1. The van der Waals surface area contributed by atoms with Crippen molar-refractivity contribution in [3.8, 4) is 5.75 Å². The smallest absolute Gasteiger partial charge is 0.251 e. The van der Waals surface area contributed by atoms with E-state index in [1.807, 2.05) is 0 Å². The van der Waals surface area contributed by atoms with Crippen LogP contribution in [0.5, 0.6) is 5.75 Å². The second-order valence-electron chi connectivity index (χ2n) is 4.07. The lowest BCUT2D eigenvalue weighted by molar-refractivity contribution is 0.0947. The topological polar surface area (TPSA) is 38.3 Å². The Morgan fingerprint density at radius 3 is 2.40 bits per heavy atom. The van der Waals surface area contributed by atoms with Crippen LogP contribution in [0.2, 0.25) is 5.02 Å². The molecule has 0 aliphatic carbocycles. The van der Waals surface area contributed by atoms with Crippen molar-refractivity contribution in [1.82, 2.24) is 5.32 Å². The first-order valence-corrected chi connectivity index (χ1v) is 6.45. The third kappa shape index (κ3) is 4.24. The summed E-state index contributed by atoms with van der Waals surface area (Å²) in [5.74, 6) is 0.0601. The van der Waals surface area contributed by atoms with Crippen molar-refractivity contribution in [3.05, 3.63) is 64.9 Å². The highest BCUT2D eigenvalue weighted by Gasteiger charge is 2.04. The maximum Gasteiger partial charge on any atom is 0.251 e. The van der Waals surface area contributed by atoms with E-state index in [1.165, 1.54) is 24.3 Å². The summed E-state index contributed by atoms with van der Waals surface area (Å²) in [5.41, 5.74) is 0.538. The van der Waals surface area contributed by atoms with Crippen molar-refractivity contribution in [2.24, 2.45) is 0 Å². The Bertz CT molecular complexity index is 569. The molecule has 5 heteroatoms. The van der Waals surface area contributed by atoms with Gasteiger partial charge in [0.15, 0.2) is 0 Å². The number of amides is 1. The predicted molar refractivity (Wildman–Crippen MR) is 75.7 cm³/mol. The molecule has 0 atom stereocenters. The summed E-state index contributed by atoms with van der Waals surface area (Å²) in [6.07, 6.45) is 0. The minimum absolute atomic E-state index is 0.190. The maximum absolute atomic E-state index is 12.7. The monoisotopic (exact) mass is 293 g/mol. The molecule has 0 aliphatic rings. The van der Waals surface area contributed by atoms with Crippen LogP contribution in [0.15, 0.2) is 48.5 Å². The Morgan fingerprint density at radius 1 is 1.10 bits per heavy atom. The fourth-order valence-electron chi connectivity index (χ4n) is 1.57. The van der Waals surface area contributed by atoms with Gasteiger partial charge in [-0.05, 0) is 48.5 Å². The van der Waals surface area contributed by atoms with E-state index in [-0.39, 0.29) is 11.7 Å². The molecule has 0 heterocycles. The fourth-order valence-corrected chi connectivity index (χ4v) is 1.69. The Labute approximate surface area is 121 Å². The number of carbonyl (C=O) groups is 1. The van der Waals surface area contributed by atoms with Gasteiger partial charge >= 0.3 is 0 Å². The Balaban J connectivity index is 1.74. The third-order valence-electron chi connectivity index (χ3n) is 2.58. The van der Waals surface area contributed by atoms with Crippen LogP contribution in [-0.4, -0.2) is 19.1 Å². The number of hydrogen-bond donors (Lipinski definition) is 1. The van der Waals surface area contributed by atoms with Crippen molar-refractivity contribution >= 4 is 17.5 Å². The van der Waals surface area contributed by atoms with E-state index >= 15 is 0 Å². The number of halogens is 2. The highest BCUT2D eigenvalue weighted by molar-refractivity contribution is 6.30. The van der Waals surface area contributed by atoms with E-state index in [0.717, 1.165) is 0 Å². The molecule has 0 aliphatic heterocycles. The van der Waals surface area contributed by atoms with Crippen molar-refractivity contribution in [2.75, 3.05) is 13.2 Å². The standard InChI is InChI=1S/C15H13ClFNO2/c16-12-3-1-11(2-4-12)15(19)18-9-10-20-14-7-5-13(17)6-8-14/h1-8H,9-10H2,(H,18,19). The highest BCUT2D eigenvalue weighted by Crippen LogP contribution is 2.11. The Kier molecular flexibility index (Phi) is 4.96. The summed E-state index contributed by atoms with van der Waals surface area (Å²) >= 11 is 5.74. The van der Waals surface area contributed by atoms with Gasteiger partial charge in [-0.1, -0.05) is 11.6 Å². The van der Waals surface area contributed by atoms with Gasteiger partial charge in [0, 0.05) is 10.6 Å². The molecule has 20 heavy (non-hydrogen) atoms. The lowest BCUT2D eigenvalue weighted by Crippen LogP contribution is -2.28. The molecule has 0 unspecified atom stereocenters. The number of nitrogens with one attached hydrogen (secondary N) is 1. The van der Waals surface area contributed by atoms with Crippen molar-refractivity contribution in [3.63, 3.8) is 0 Å². The first-order valence-electron chi connectivity index (χ1n) is 6.07. The van der Waals surface area contributed by atoms with Crippen molar-refractivity contribution in [2.45, 2.75) is 0 Å². The van der Waals surface area contributed by atoms with E-state index < -0.39 is 0 Å². The summed E-state index contributed by atoms with van der Waals surface area (Å²) in [6, 6.07) is 12.3. The summed E-state index contributed by atoms with van der Waals surface area (Å²) in [6.45, 7) is 0.670. The maximum atomic E-state index is 12.7. The third-order valence-corrected chi connectivity index (χ3v) is 2.83. The van der Waals surface area contributed by atoms with Crippen LogP contribution in [0.1, 0.15) is 10.4 Å². The molecule has 0 radical (unpaired) electrons. The van der Waals surface area contributed by atoms with Gasteiger partial charge in [0.05, 0.1) is 6.54 Å². The molecule has 1 N–H and O–H groups in total. The second-order valence-corrected chi connectivity index (χ2v) is 4.50. The second kappa shape index (κ2) is 6.91. The zero-order valence-corrected chi connectivity index (χ0v) is 11.4. The molecule has 2 aromatic rings. The molecule has 0 spiro atoms. The van der Waals surface area contributed by atoms with E-state index in [1.54, 1.807) is 24.3 Å². The summed E-state index contributed by atoms with van der Waals surface area (Å²) in [4.78, 5) is 11.8. The molecule has 2 rings (SSSR count). The van der Waals surface area contributed by atoms with Crippen LogP contribution in [0.3, 0.4) is 0 Å². The summed E-state index contributed by atoms with van der Waals surface area (Å²) in [5, 5.41) is 3.30. The van der Waals surface area contributed by atoms with Gasteiger partial charge in [0.2, 0.25) is 0 Å². The van der Waals surface area contributed by atoms with Gasteiger partial charge in [0.1, 0.15) is 18.2 Å². The molecule has 3 nitrogen and oxygen atoms in total. The number of benzene rings is 2. The number of ether oxygens (including phenoxy) is 1. The van der Waals surface area contributed by atoms with Crippen LogP contribution in [-0.2, 0) is 0 Å². The van der Waals surface area contributed by atoms with E-state index in [9.17, 15) is 9.18 Å². The van der Waals surface area contributed by atoms with E-state index in [0.29, 0.717) is 29.5 Å². The van der Waals surface area contributed by atoms with Crippen LogP contribution in [0, 0.1) is 5.82 Å². The fraction of sp³-hybridized carbons (Fsp3) is 0.133. The van der Waals surface area contributed by atoms with Gasteiger partial charge in [-0.2, -0.15) is 0 Å². The van der Waals surface area contributed by atoms with E-state index in [2.05, 4.69) is 5.32 Å². The van der Waals surface area contributed by atoms with E-state index in [4.69, 9.17) is 16.3 Å². The van der Waals surface area contributed by atoms with Gasteiger partial charge in [-0.15, -0.1) is 0 Å². The normalized spacial score (nSPS) is 10.1. The zero-order valence-electron chi connectivity index (χ0n) is 10.6.